The summed E-state index contributed by atoms with van der Waals surface area (Å²) in [4.78, 5) is 18.5. The van der Waals surface area contributed by atoms with Crippen LogP contribution in [0.2, 0.25) is 0 Å². The number of rotatable bonds is 8. The first kappa shape index (κ1) is 22.5. The van der Waals surface area contributed by atoms with Gasteiger partial charge in [-0.25, -0.2) is 0 Å². The lowest BCUT2D eigenvalue weighted by molar-refractivity contribution is 0.0963. The average Bonchev–Trinajstić information content (AvgIpc) is 3.29. The maximum absolute atomic E-state index is 11.8. The van der Waals surface area contributed by atoms with E-state index in [1.54, 1.807) is 21.2 Å². The van der Waals surface area contributed by atoms with Gasteiger partial charge in [0.05, 0.1) is 12.8 Å². The number of guanidine groups is 1. The van der Waals surface area contributed by atoms with Crippen molar-refractivity contribution in [2.45, 2.75) is 12.8 Å². The molecule has 0 aliphatic carbocycles. The number of para-hydroxylation sites is 2. The fourth-order valence-electron chi connectivity index (χ4n) is 3.91. The molecule has 0 radical (unpaired) electrons. The molecule has 1 atom stereocenters. The monoisotopic (exact) mass is 423 g/mol. The van der Waals surface area contributed by atoms with Gasteiger partial charge in [0.2, 0.25) is 0 Å². The number of anilines is 1. The SMILES string of the molecule is CN=C(NCCc1cccc(C(=O)NC)c1)NCC1CCN(c2ccccc2OC)C1. The van der Waals surface area contributed by atoms with E-state index in [0.717, 1.165) is 62.0 Å². The third-order valence-electron chi connectivity index (χ3n) is 5.62. The van der Waals surface area contributed by atoms with Crippen LogP contribution in [0, 0.1) is 5.92 Å². The van der Waals surface area contributed by atoms with Crippen LogP contribution < -0.4 is 25.6 Å². The molecule has 3 rings (SSSR count). The Morgan fingerprint density at radius 1 is 1.19 bits per heavy atom. The van der Waals surface area contributed by atoms with Gasteiger partial charge in [0.25, 0.3) is 5.91 Å². The van der Waals surface area contributed by atoms with E-state index in [4.69, 9.17) is 4.74 Å². The number of benzene rings is 2. The van der Waals surface area contributed by atoms with Gasteiger partial charge in [0, 0.05) is 45.8 Å². The summed E-state index contributed by atoms with van der Waals surface area (Å²) in [5, 5.41) is 9.49. The topological polar surface area (TPSA) is 78.0 Å². The van der Waals surface area contributed by atoms with E-state index in [0.29, 0.717) is 11.5 Å². The Kier molecular flexibility index (Phi) is 8.15. The van der Waals surface area contributed by atoms with Crippen molar-refractivity contribution < 1.29 is 9.53 Å². The van der Waals surface area contributed by atoms with Crippen LogP contribution in [0.5, 0.6) is 5.75 Å². The molecule has 1 saturated heterocycles. The van der Waals surface area contributed by atoms with E-state index in [2.05, 4.69) is 38.0 Å². The van der Waals surface area contributed by atoms with Crippen LogP contribution in [0.3, 0.4) is 0 Å². The Labute approximate surface area is 184 Å². The molecule has 7 nitrogen and oxygen atoms in total. The number of methoxy groups -OCH3 is 1. The fourth-order valence-corrected chi connectivity index (χ4v) is 3.91. The predicted molar refractivity (Wildman–Crippen MR) is 126 cm³/mol. The molecule has 1 heterocycles. The van der Waals surface area contributed by atoms with Crippen molar-refractivity contribution in [3.05, 3.63) is 59.7 Å². The molecule has 1 unspecified atom stereocenters. The van der Waals surface area contributed by atoms with Crippen molar-refractivity contribution in [3.63, 3.8) is 0 Å². The third kappa shape index (κ3) is 6.13. The summed E-state index contributed by atoms with van der Waals surface area (Å²) >= 11 is 0. The minimum atomic E-state index is -0.0639. The predicted octanol–water partition coefficient (Wildman–Crippen LogP) is 2.29. The summed E-state index contributed by atoms with van der Waals surface area (Å²) < 4.78 is 5.51. The van der Waals surface area contributed by atoms with E-state index < -0.39 is 0 Å². The van der Waals surface area contributed by atoms with Crippen molar-refractivity contribution in [1.29, 1.82) is 0 Å². The molecular weight excluding hydrogens is 390 g/mol. The largest absolute Gasteiger partial charge is 0.495 e. The molecule has 7 heteroatoms. The Bertz CT molecular complexity index is 899. The van der Waals surface area contributed by atoms with Gasteiger partial charge in [-0.05, 0) is 48.6 Å². The zero-order valence-corrected chi connectivity index (χ0v) is 18.6. The summed E-state index contributed by atoms with van der Waals surface area (Å²) in [5.74, 6) is 2.21. The molecule has 1 aliphatic heterocycles. The molecule has 0 spiro atoms. The lowest BCUT2D eigenvalue weighted by Gasteiger charge is -2.21. The zero-order valence-electron chi connectivity index (χ0n) is 18.6. The number of carbonyl (C=O) groups is 1. The molecule has 2 aromatic rings. The second-order valence-corrected chi connectivity index (χ2v) is 7.68. The van der Waals surface area contributed by atoms with Crippen molar-refractivity contribution in [3.8, 4) is 5.75 Å². The molecule has 1 aliphatic rings. The van der Waals surface area contributed by atoms with E-state index in [1.165, 1.54) is 0 Å². The van der Waals surface area contributed by atoms with E-state index in [-0.39, 0.29) is 5.91 Å². The fraction of sp³-hybridized carbons (Fsp3) is 0.417. The van der Waals surface area contributed by atoms with Crippen molar-refractivity contribution >= 4 is 17.6 Å². The molecular formula is C24H33N5O2. The summed E-state index contributed by atoms with van der Waals surface area (Å²) in [6.07, 6.45) is 1.95. The quantitative estimate of drug-likeness (QED) is 0.449. The number of ether oxygens (including phenoxy) is 1. The lowest BCUT2D eigenvalue weighted by Crippen LogP contribution is -2.41. The van der Waals surface area contributed by atoms with E-state index >= 15 is 0 Å². The molecule has 0 bridgehead atoms. The normalized spacial score (nSPS) is 16.2. The molecule has 3 N–H and O–H groups in total. The minimum Gasteiger partial charge on any atom is -0.495 e. The number of hydrogen-bond acceptors (Lipinski definition) is 4. The summed E-state index contributed by atoms with van der Waals surface area (Å²) in [6, 6.07) is 15.9. The number of nitrogens with zero attached hydrogens (tertiary/aromatic N) is 2. The van der Waals surface area contributed by atoms with Gasteiger partial charge in [0.15, 0.2) is 5.96 Å². The maximum atomic E-state index is 11.8. The molecule has 2 aromatic carbocycles. The maximum Gasteiger partial charge on any atom is 0.251 e. The van der Waals surface area contributed by atoms with Gasteiger partial charge < -0.3 is 25.6 Å². The first-order chi connectivity index (χ1) is 15.1. The van der Waals surface area contributed by atoms with Gasteiger partial charge in [-0.2, -0.15) is 0 Å². The Balaban J connectivity index is 1.43. The Hall–Kier alpha value is -3.22. The van der Waals surface area contributed by atoms with Gasteiger partial charge in [-0.3, -0.25) is 9.79 Å². The standard InChI is InChI=1S/C24H33N5O2/c1-25-23(30)20-8-6-7-18(15-20)11-13-27-24(26-2)28-16-19-12-14-29(17-19)21-9-4-5-10-22(21)31-3/h4-10,15,19H,11-14,16-17H2,1-3H3,(H,25,30)(H2,26,27,28). The van der Waals surface area contributed by atoms with Crippen LogP contribution in [0.4, 0.5) is 5.69 Å². The van der Waals surface area contributed by atoms with Crippen molar-refractivity contribution in [2.75, 3.05) is 52.3 Å². The number of aliphatic imine (C=N–C) groups is 1. The van der Waals surface area contributed by atoms with Gasteiger partial charge >= 0.3 is 0 Å². The highest BCUT2D eigenvalue weighted by Gasteiger charge is 2.24. The van der Waals surface area contributed by atoms with Crippen molar-refractivity contribution in [2.24, 2.45) is 10.9 Å². The average molecular weight is 424 g/mol. The summed E-state index contributed by atoms with van der Waals surface area (Å²) in [7, 11) is 5.15. The van der Waals surface area contributed by atoms with E-state index in [1.807, 2.05) is 36.4 Å². The van der Waals surface area contributed by atoms with Gasteiger partial charge in [-0.15, -0.1) is 0 Å². The van der Waals surface area contributed by atoms with Crippen molar-refractivity contribution in [1.82, 2.24) is 16.0 Å². The first-order valence-electron chi connectivity index (χ1n) is 10.8. The van der Waals surface area contributed by atoms with Crippen LogP contribution in [-0.4, -0.2) is 59.3 Å². The second-order valence-electron chi connectivity index (χ2n) is 7.68. The summed E-state index contributed by atoms with van der Waals surface area (Å²) in [6.45, 7) is 3.64. The molecule has 31 heavy (non-hydrogen) atoms. The van der Waals surface area contributed by atoms with Crippen LogP contribution >= 0.6 is 0 Å². The van der Waals surface area contributed by atoms with Gasteiger partial charge in [0.1, 0.15) is 5.75 Å². The summed E-state index contributed by atoms with van der Waals surface area (Å²) in [5.41, 5.74) is 2.96. The third-order valence-corrected chi connectivity index (χ3v) is 5.62. The van der Waals surface area contributed by atoms with E-state index in [9.17, 15) is 4.79 Å². The Morgan fingerprint density at radius 2 is 2.03 bits per heavy atom. The first-order valence-corrected chi connectivity index (χ1v) is 10.8. The highest BCUT2D eigenvalue weighted by molar-refractivity contribution is 5.94. The Morgan fingerprint density at radius 3 is 2.81 bits per heavy atom. The molecule has 166 valence electrons. The second kappa shape index (κ2) is 11.2. The zero-order chi connectivity index (χ0) is 22.1. The minimum absolute atomic E-state index is 0.0639. The van der Waals surface area contributed by atoms with Crippen LogP contribution in [0.25, 0.3) is 0 Å². The number of amides is 1. The van der Waals surface area contributed by atoms with Crippen LogP contribution in [0.15, 0.2) is 53.5 Å². The highest BCUT2D eigenvalue weighted by Crippen LogP contribution is 2.31. The van der Waals surface area contributed by atoms with Gasteiger partial charge in [-0.1, -0.05) is 24.3 Å². The number of hydrogen-bond donors (Lipinski definition) is 3. The lowest BCUT2D eigenvalue weighted by atomic mass is 10.1. The molecule has 1 fully saturated rings. The molecule has 0 aromatic heterocycles. The molecule has 0 saturated carbocycles. The van der Waals surface area contributed by atoms with Crippen LogP contribution in [-0.2, 0) is 6.42 Å². The number of carbonyl (C=O) groups excluding carboxylic acids is 1. The smallest absolute Gasteiger partial charge is 0.251 e. The van der Waals surface area contributed by atoms with Crippen LogP contribution in [0.1, 0.15) is 22.3 Å². The number of nitrogens with one attached hydrogen (secondary N) is 3. The highest BCUT2D eigenvalue weighted by atomic mass is 16.5. The molecule has 1 amide bonds.